The van der Waals surface area contributed by atoms with Crippen LogP contribution in [0.3, 0.4) is 0 Å². The van der Waals surface area contributed by atoms with Crippen molar-refractivity contribution >= 4 is 0 Å². The summed E-state index contributed by atoms with van der Waals surface area (Å²) in [6, 6.07) is 9.41. The minimum absolute atomic E-state index is 0.621. The standard InChI is InChI=1S/C12H17N/c1-9(2)12-11-7-5-4-6-10(11)8-13(12)3/h4-7,9,12H,8H2,1-3H3/t12-/m1/s1. The highest BCUT2D eigenvalue weighted by Crippen LogP contribution is 2.36. The van der Waals surface area contributed by atoms with E-state index in [9.17, 15) is 0 Å². The zero-order valence-corrected chi connectivity index (χ0v) is 8.62. The number of rotatable bonds is 1. The van der Waals surface area contributed by atoms with Crippen LogP contribution in [-0.4, -0.2) is 11.9 Å². The summed E-state index contributed by atoms with van der Waals surface area (Å²) in [4.78, 5) is 2.44. The van der Waals surface area contributed by atoms with Crippen LogP contribution in [0.2, 0.25) is 0 Å². The number of benzene rings is 1. The molecule has 70 valence electrons. The molecule has 1 aromatic carbocycles. The normalized spacial score (nSPS) is 22.3. The highest BCUT2D eigenvalue weighted by atomic mass is 15.1. The molecule has 1 heteroatoms. The molecule has 0 N–H and O–H groups in total. The fraction of sp³-hybridized carbons (Fsp3) is 0.500. The zero-order valence-electron chi connectivity index (χ0n) is 8.62. The first kappa shape index (κ1) is 8.76. The first-order chi connectivity index (χ1) is 6.20. The van der Waals surface area contributed by atoms with Crippen molar-refractivity contribution in [3.63, 3.8) is 0 Å². The predicted octanol–water partition coefficient (Wildman–Crippen LogP) is 2.83. The van der Waals surface area contributed by atoms with E-state index in [1.54, 1.807) is 0 Å². The van der Waals surface area contributed by atoms with Gasteiger partial charge in [-0.25, -0.2) is 0 Å². The van der Waals surface area contributed by atoms with Gasteiger partial charge >= 0.3 is 0 Å². The Balaban J connectivity index is 2.40. The summed E-state index contributed by atoms with van der Waals surface area (Å²) in [6.45, 7) is 5.70. The fourth-order valence-electron chi connectivity index (χ4n) is 2.44. The maximum Gasteiger partial charge on any atom is 0.0374 e. The van der Waals surface area contributed by atoms with Gasteiger partial charge in [0, 0.05) is 12.6 Å². The van der Waals surface area contributed by atoms with Crippen molar-refractivity contribution in [1.82, 2.24) is 4.90 Å². The Hall–Kier alpha value is -0.820. The highest BCUT2D eigenvalue weighted by Gasteiger charge is 2.28. The van der Waals surface area contributed by atoms with Crippen molar-refractivity contribution in [2.24, 2.45) is 5.92 Å². The molecule has 0 aromatic heterocycles. The first-order valence-electron chi connectivity index (χ1n) is 4.98. The quantitative estimate of drug-likeness (QED) is 0.634. The van der Waals surface area contributed by atoms with Crippen molar-refractivity contribution in [2.45, 2.75) is 26.4 Å². The maximum absolute atomic E-state index is 2.44. The average molecular weight is 175 g/mol. The molecular formula is C12H17N. The third-order valence-corrected chi connectivity index (χ3v) is 2.90. The van der Waals surface area contributed by atoms with Gasteiger partial charge in [0.1, 0.15) is 0 Å². The van der Waals surface area contributed by atoms with E-state index in [4.69, 9.17) is 0 Å². The second-order valence-electron chi connectivity index (χ2n) is 4.30. The molecule has 0 amide bonds. The zero-order chi connectivity index (χ0) is 9.42. The van der Waals surface area contributed by atoms with Crippen LogP contribution in [0, 0.1) is 5.92 Å². The number of fused-ring (bicyclic) bond motifs is 1. The van der Waals surface area contributed by atoms with Crippen LogP contribution in [0.5, 0.6) is 0 Å². The second kappa shape index (κ2) is 3.15. The van der Waals surface area contributed by atoms with Crippen molar-refractivity contribution < 1.29 is 0 Å². The molecule has 0 unspecified atom stereocenters. The van der Waals surface area contributed by atoms with Crippen LogP contribution in [-0.2, 0) is 6.54 Å². The van der Waals surface area contributed by atoms with Gasteiger partial charge in [0.15, 0.2) is 0 Å². The Labute approximate surface area is 80.4 Å². The van der Waals surface area contributed by atoms with Crippen molar-refractivity contribution in [3.8, 4) is 0 Å². The van der Waals surface area contributed by atoms with Gasteiger partial charge in [0.25, 0.3) is 0 Å². The Morgan fingerprint density at radius 3 is 2.69 bits per heavy atom. The van der Waals surface area contributed by atoms with E-state index in [1.807, 2.05) is 0 Å². The lowest BCUT2D eigenvalue weighted by molar-refractivity contribution is 0.214. The summed E-state index contributed by atoms with van der Waals surface area (Å²) in [5, 5.41) is 0. The van der Waals surface area contributed by atoms with Gasteiger partial charge < -0.3 is 0 Å². The van der Waals surface area contributed by atoms with E-state index in [0.717, 1.165) is 6.54 Å². The third-order valence-electron chi connectivity index (χ3n) is 2.90. The largest absolute Gasteiger partial charge is 0.295 e. The third kappa shape index (κ3) is 1.37. The number of hydrogen-bond donors (Lipinski definition) is 0. The van der Waals surface area contributed by atoms with Gasteiger partial charge in [-0.05, 0) is 24.1 Å². The van der Waals surface area contributed by atoms with Crippen molar-refractivity contribution in [2.75, 3.05) is 7.05 Å². The summed E-state index contributed by atoms with van der Waals surface area (Å²) in [5.74, 6) is 0.702. The molecule has 13 heavy (non-hydrogen) atoms. The molecule has 0 radical (unpaired) electrons. The molecule has 0 fully saturated rings. The van der Waals surface area contributed by atoms with E-state index in [-0.39, 0.29) is 0 Å². The van der Waals surface area contributed by atoms with Crippen LogP contribution in [0.1, 0.15) is 31.0 Å². The fourth-order valence-corrected chi connectivity index (χ4v) is 2.44. The Morgan fingerprint density at radius 1 is 1.31 bits per heavy atom. The molecule has 1 nitrogen and oxygen atoms in total. The number of nitrogens with zero attached hydrogens (tertiary/aromatic N) is 1. The predicted molar refractivity (Wildman–Crippen MR) is 55.5 cm³/mol. The van der Waals surface area contributed by atoms with Gasteiger partial charge in [-0.2, -0.15) is 0 Å². The Bertz CT molecular complexity index is 304. The van der Waals surface area contributed by atoms with Gasteiger partial charge in [0.05, 0.1) is 0 Å². The van der Waals surface area contributed by atoms with Crippen LogP contribution in [0.25, 0.3) is 0 Å². The minimum atomic E-state index is 0.621. The SMILES string of the molecule is CC(C)[C@@H]1c2ccccc2CN1C. The average Bonchev–Trinajstić information content (AvgIpc) is 2.39. The lowest BCUT2D eigenvalue weighted by atomic mass is 9.96. The molecule has 0 spiro atoms. The Morgan fingerprint density at radius 2 is 2.00 bits per heavy atom. The van der Waals surface area contributed by atoms with E-state index >= 15 is 0 Å². The molecule has 1 aromatic rings. The van der Waals surface area contributed by atoms with E-state index in [1.165, 1.54) is 11.1 Å². The summed E-state index contributed by atoms with van der Waals surface area (Å²) >= 11 is 0. The summed E-state index contributed by atoms with van der Waals surface area (Å²) < 4.78 is 0. The summed E-state index contributed by atoms with van der Waals surface area (Å²) in [7, 11) is 2.21. The summed E-state index contributed by atoms with van der Waals surface area (Å²) in [6.07, 6.45) is 0. The van der Waals surface area contributed by atoms with Crippen LogP contribution in [0.4, 0.5) is 0 Å². The highest BCUT2D eigenvalue weighted by molar-refractivity contribution is 5.34. The lowest BCUT2D eigenvalue weighted by Crippen LogP contribution is -2.20. The monoisotopic (exact) mass is 175 g/mol. The van der Waals surface area contributed by atoms with E-state index in [0.29, 0.717) is 12.0 Å². The molecule has 0 saturated carbocycles. The molecule has 1 heterocycles. The van der Waals surface area contributed by atoms with Gasteiger partial charge in [-0.1, -0.05) is 38.1 Å². The van der Waals surface area contributed by atoms with Crippen LogP contribution >= 0.6 is 0 Å². The van der Waals surface area contributed by atoms with E-state index < -0.39 is 0 Å². The topological polar surface area (TPSA) is 3.24 Å². The molecule has 1 aliphatic rings. The van der Waals surface area contributed by atoms with Crippen LogP contribution < -0.4 is 0 Å². The molecule has 1 aliphatic heterocycles. The van der Waals surface area contributed by atoms with E-state index in [2.05, 4.69) is 50.1 Å². The molecular weight excluding hydrogens is 158 g/mol. The minimum Gasteiger partial charge on any atom is -0.295 e. The maximum atomic E-state index is 2.44. The van der Waals surface area contributed by atoms with Crippen molar-refractivity contribution in [3.05, 3.63) is 35.4 Å². The van der Waals surface area contributed by atoms with Gasteiger partial charge in [0.2, 0.25) is 0 Å². The smallest absolute Gasteiger partial charge is 0.0374 e. The van der Waals surface area contributed by atoms with Gasteiger partial charge in [-0.15, -0.1) is 0 Å². The molecule has 0 bridgehead atoms. The van der Waals surface area contributed by atoms with Gasteiger partial charge in [-0.3, -0.25) is 4.90 Å². The lowest BCUT2D eigenvalue weighted by Gasteiger charge is -2.23. The second-order valence-corrected chi connectivity index (χ2v) is 4.30. The first-order valence-corrected chi connectivity index (χ1v) is 4.98. The Kier molecular flexibility index (Phi) is 2.12. The van der Waals surface area contributed by atoms with Crippen molar-refractivity contribution in [1.29, 1.82) is 0 Å². The number of hydrogen-bond acceptors (Lipinski definition) is 1. The summed E-state index contributed by atoms with van der Waals surface area (Å²) in [5.41, 5.74) is 3.03. The van der Waals surface area contributed by atoms with Crippen LogP contribution in [0.15, 0.2) is 24.3 Å². The molecule has 2 rings (SSSR count). The molecule has 0 aliphatic carbocycles. The molecule has 0 saturated heterocycles. The molecule has 1 atom stereocenters.